The fraction of sp³-hybridized carbons (Fsp3) is 0.0476. The van der Waals surface area contributed by atoms with Crippen LogP contribution in [0.15, 0.2) is 60.7 Å². The zero-order chi connectivity index (χ0) is 22.1. The minimum Gasteiger partial charge on any atom is -0.456 e. The molecule has 4 N–H and O–H groups in total. The molecule has 2 amide bonds. The summed E-state index contributed by atoms with van der Waals surface area (Å²) in [6.45, 7) is 0. The number of rotatable bonds is 5. The molecule has 0 fully saturated rings. The van der Waals surface area contributed by atoms with E-state index in [4.69, 9.17) is 16.2 Å². The Hall–Kier alpha value is -3.88. The van der Waals surface area contributed by atoms with E-state index in [0.29, 0.717) is 6.07 Å². The van der Waals surface area contributed by atoms with Gasteiger partial charge in [-0.2, -0.15) is 13.2 Å². The van der Waals surface area contributed by atoms with Gasteiger partial charge in [-0.1, -0.05) is 12.1 Å². The van der Waals surface area contributed by atoms with E-state index in [2.05, 4.69) is 0 Å². The van der Waals surface area contributed by atoms with Gasteiger partial charge in [0.1, 0.15) is 17.3 Å². The lowest BCUT2D eigenvalue weighted by Crippen LogP contribution is -2.20. The molecule has 3 aromatic carbocycles. The van der Waals surface area contributed by atoms with E-state index in [9.17, 15) is 27.2 Å². The molecule has 0 spiro atoms. The second kappa shape index (κ2) is 7.86. The number of amides is 2. The number of hydrogen-bond acceptors (Lipinski definition) is 3. The minimum absolute atomic E-state index is 0.0227. The van der Waals surface area contributed by atoms with Crippen molar-refractivity contribution in [2.45, 2.75) is 6.18 Å². The molecule has 0 radical (unpaired) electrons. The molecular weight excluding hydrogens is 404 g/mol. The van der Waals surface area contributed by atoms with E-state index in [1.54, 1.807) is 0 Å². The van der Waals surface area contributed by atoms with Gasteiger partial charge in [0.15, 0.2) is 0 Å². The first kappa shape index (κ1) is 20.8. The highest BCUT2D eigenvalue weighted by Gasteiger charge is 2.37. The molecule has 0 heterocycles. The van der Waals surface area contributed by atoms with Gasteiger partial charge in [0.25, 0.3) is 5.91 Å². The van der Waals surface area contributed by atoms with E-state index >= 15 is 0 Å². The third-order valence-electron chi connectivity index (χ3n) is 4.20. The van der Waals surface area contributed by atoms with Gasteiger partial charge in [0.05, 0.1) is 11.1 Å². The summed E-state index contributed by atoms with van der Waals surface area (Å²) in [6, 6.07) is 12.0. The highest BCUT2D eigenvalue weighted by atomic mass is 19.4. The summed E-state index contributed by atoms with van der Waals surface area (Å²) in [4.78, 5) is 23.5. The van der Waals surface area contributed by atoms with Gasteiger partial charge in [0, 0.05) is 11.1 Å². The van der Waals surface area contributed by atoms with E-state index in [-0.39, 0.29) is 22.4 Å². The zero-order valence-electron chi connectivity index (χ0n) is 15.2. The molecule has 154 valence electrons. The minimum atomic E-state index is -4.89. The van der Waals surface area contributed by atoms with Crippen LogP contribution in [0.4, 0.5) is 17.6 Å². The lowest BCUT2D eigenvalue weighted by Gasteiger charge is -2.19. The van der Waals surface area contributed by atoms with Crippen LogP contribution in [0.2, 0.25) is 0 Å². The van der Waals surface area contributed by atoms with Crippen molar-refractivity contribution in [2.24, 2.45) is 11.5 Å². The summed E-state index contributed by atoms with van der Waals surface area (Å²) < 4.78 is 59.3. The second-order valence-electron chi connectivity index (χ2n) is 6.23. The molecule has 0 aliphatic heterocycles. The maximum atomic E-state index is 13.5. The van der Waals surface area contributed by atoms with Gasteiger partial charge >= 0.3 is 6.18 Å². The second-order valence-corrected chi connectivity index (χ2v) is 6.23. The Labute approximate surface area is 167 Å². The number of ether oxygens (including phenoxy) is 1. The van der Waals surface area contributed by atoms with Crippen molar-refractivity contribution in [3.8, 4) is 22.6 Å². The average Bonchev–Trinajstić information content (AvgIpc) is 2.68. The molecule has 0 saturated carbocycles. The van der Waals surface area contributed by atoms with Gasteiger partial charge in [-0.05, 0) is 54.1 Å². The van der Waals surface area contributed by atoms with Crippen molar-refractivity contribution in [3.63, 3.8) is 0 Å². The summed E-state index contributed by atoms with van der Waals surface area (Å²) in [6.07, 6.45) is -4.89. The van der Waals surface area contributed by atoms with E-state index in [1.807, 2.05) is 0 Å². The summed E-state index contributed by atoms with van der Waals surface area (Å²) >= 11 is 0. The smallest absolute Gasteiger partial charge is 0.417 e. The SMILES string of the molecule is NC(=O)c1cccc(-c2ccc(C(F)(F)F)c(C(N)=O)c2Oc2ccc(F)cc2)c1. The Morgan fingerprint density at radius 2 is 1.53 bits per heavy atom. The lowest BCUT2D eigenvalue weighted by molar-refractivity contribution is -0.138. The maximum absolute atomic E-state index is 13.5. The summed E-state index contributed by atoms with van der Waals surface area (Å²) in [7, 11) is 0. The molecule has 9 heteroatoms. The maximum Gasteiger partial charge on any atom is 0.417 e. The van der Waals surface area contributed by atoms with E-state index < -0.39 is 40.7 Å². The fourth-order valence-corrected chi connectivity index (χ4v) is 2.86. The molecule has 0 aromatic heterocycles. The van der Waals surface area contributed by atoms with Crippen molar-refractivity contribution in [1.82, 2.24) is 0 Å². The summed E-state index contributed by atoms with van der Waals surface area (Å²) in [5, 5.41) is 0. The lowest BCUT2D eigenvalue weighted by atomic mass is 9.95. The first-order chi connectivity index (χ1) is 14.1. The molecule has 0 bridgehead atoms. The molecule has 3 rings (SSSR count). The third kappa shape index (κ3) is 4.24. The molecule has 0 unspecified atom stereocenters. The van der Waals surface area contributed by atoms with Crippen LogP contribution in [-0.2, 0) is 6.18 Å². The van der Waals surface area contributed by atoms with Crippen LogP contribution in [0.3, 0.4) is 0 Å². The zero-order valence-corrected chi connectivity index (χ0v) is 15.2. The van der Waals surface area contributed by atoms with Gasteiger partial charge in [-0.25, -0.2) is 4.39 Å². The predicted molar refractivity (Wildman–Crippen MR) is 100 cm³/mol. The van der Waals surface area contributed by atoms with Crippen LogP contribution in [0.25, 0.3) is 11.1 Å². The largest absolute Gasteiger partial charge is 0.456 e. The summed E-state index contributed by atoms with van der Waals surface area (Å²) in [5.74, 6) is -3.21. The first-order valence-electron chi connectivity index (χ1n) is 8.45. The number of primary amides is 2. The van der Waals surface area contributed by atoms with E-state index in [0.717, 1.165) is 18.2 Å². The Bertz CT molecular complexity index is 1130. The van der Waals surface area contributed by atoms with Gasteiger partial charge in [0.2, 0.25) is 5.91 Å². The van der Waals surface area contributed by atoms with Gasteiger partial charge in [-0.15, -0.1) is 0 Å². The molecule has 5 nitrogen and oxygen atoms in total. The Balaban J connectivity index is 2.30. The molecule has 0 aliphatic rings. The number of alkyl halides is 3. The molecule has 3 aromatic rings. The third-order valence-corrected chi connectivity index (χ3v) is 4.20. The molecule has 0 atom stereocenters. The van der Waals surface area contributed by atoms with Gasteiger partial charge in [-0.3, -0.25) is 9.59 Å². The Morgan fingerprint density at radius 3 is 2.10 bits per heavy atom. The number of carbonyl (C=O) groups is 2. The fourth-order valence-electron chi connectivity index (χ4n) is 2.86. The Kier molecular flexibility index (Phi) is 5.46. The molecular formula is C21H14F4N2O3. The monoisotopic (exact) mass is 418 g/mol. The van der Waals surface area contributed by atoms with Crippen LogP contribution in [0, 0.1) is 5.82 Å². The molecule has 0 saturated heterocycles. The average molecular weight is 418 g/mol. The van der Waals surface area contributed by atoms with Crippen LogP contribution in [0.5, 0.6) is 11.5 Å². The number of benzene rings is 3. The van der Waals surface area contributed by atoms with Crippen LogP contribution >= 0.6 is 0 Å². The van der Waals surface area contributed by atoms with Gasteiger partial charge < -0.3 is 16.2 Å². The van der Waals surface area contributed by atoms with Crippen molar-refractivity contribution in [3.05, 3.63) is 83.2 Å². The van der Waals surface area contributed by atoms with Crippen molar-refractivity contribution >= 4 is 11.8 Å². The first-order valence-corrected chi connectivity index (χ1v) is 8.45. The number of hydrogen-bond donors (Lipinski definition) is 2. The number of nitrogens with two attached hydrogens (primary N) is 2. The van der Waals surface area contributed by atoms with Crippen LogP contribution < -0.4 is 16.2 Å². The standard InChI is InChI=1S/C21H14F4N2O3/c22-13-4-6-14(7-5-13)30-18-15(11-2-1-3-12(10-11)19(26)28)8-9-16(21(23,24)25)17(18)20(27)29/h1-10H,(H2,26,28)(H2,27,29). The predicted octanol–water partition coefficient (Wildman–Crippen LogP) is 4.50. The molecule has 0 aliphatic carbocycles. The van der Waals surface area contributed by atoms with Crippen molar-refractivity contribution in [1.29, 1.82) is 0 Å². The quantitative estimate of drug-likeness (QED) is 0.597. The topological polar surface area (TPSA) is 95.4 Å². The van der Waals surface area contributed by atoms with Crippen molar-refractivity contribution in [2.75, 3.05) is 0 Å². The summed E-state index contributed by atoms with van der Waals surface area (Å²) in [5.41, 5.74) is 8.77. The highest BCUT2D eigenvalue weighted by molar-refractivity contribution is 6.01. The molecule has 30 heavy (non-hydrogen) atoms. The van der Waals surface area contributed by atoms with E-state index in [1.165, 1.54) is 36.4 Å². The highest BCUT2D eigenvalue weighted by Crippen LogP contribution is 2.43. The Morgan fingerprint density at radius 1 is 0.867 bits per heavy atom. The normalized spacial score (nSPS) is 11.2. The van der Waals surface area contributed by atoms with Crippen molar-refractivity contribution < 1.29 is 31.9 Å². The number of carbonyl (C=O) groups excluding carboxylic acids is 2. The van der Waals surface area contributed by atoms with Crippen LogP contribution in [-0.4, -0.2) is 11.8 Å². The van der Waals surface area contributed by atoms with Crippen LogP contribution in [0.1, 0.15) is 26.3 Å². The number of halogens is 4.